The molecule has 0 saturated carbocycles. The van der Waals surface area contributed by atoms with Crippen molar-refractivity contribution in [2.24, 2.45) is 0 Å². The van der Waals surface area contributed by atoms with Crippen LogP contribution in [0.25, 0.3) is 0 Å². The molecule has 0 fully saturated rings. The first-order valence-corrected chi connectivity index (χ1v) is 8.05. The van der Waals surface area contributed by atoms with Crippen LogP contribution in [0.2, 0.25) is 0 Å². The lowest BCUT2D eigenvalue weighted by Gasteiger charge is -2.28. The number of fused-ring (bicyclic) bond motifs is 1. The van der Waals surface area contributed by atoms with Gasteiger partial charge in [0.15, 0.2) is 0 Å². The number of aromatic nitrogens is 2. The Labute approximate surface area is 149 Å². The van der Waals surface area contributed by atoms with E-state index in [0.29, 0.717) is 6.54 Å². The Hall–Kier alpha value is -0.980. The van der Waals surface area contributed by atoms with Gasteiger partial charge in [0.05, 0.1) is 12.7 Å². The fraction of sp³-hybridized carbons (Fsp3) is 0.375. The molecule has 4 nitrogen and oxygen atoms in total. The van der Waals surface area contributed by atoms with Gasteiger partial charge in [-0.05, 0) is 18.6 Å². The first-order chi connectivity index (χ1) is 10.1. The normalized spacial score (nSPS) is 19.7. The van der Waals surface area contributed by atoms with Gasteiger partial charge in [0.25, 0.3) is 0 Å². The Kier molecular flexibility index (Phi) is 5.58. The van der Waals surface area contributed by atoms with E-state index in [0.717, 1.165) is 35.4 Å². The molecule has 0 unspecified atom stereocenters. The summed E-state index contributed by atoms with van der Waals surface area (Å²) in [6, 6.07) is 9.76. The van der Waals surface area contributed by atoms with E-state index >= 15 is 0 Å². The van der Waals surface area contributed by atoms with Crippen LogP contribution < -0.4 is 26.4 Å². The Morgan fingerprint density at radius 1 is 1.36 bits per heavy atom. The Balaban J connectivity index is 0.00000176. The van der Waals surface area contributed by atoms with Crippen LogP contribution in [0, 0.1) is 0 Å². The Bertz CT molecular complexity index is 636. The summed E-state index contributed by atoms with van der Waals surface area (Å²) >= 11 is 3.44. The van der Waals surface area contributed by atoms with E-state index in [1.807, 2.05) is 46.0 Å². The number of nitrogens with zero attached hydrogens (tertiary/aromatic N) is 3. The molecule has 1 atom stereocenters. The van der Waals surface area contributed by atoms with E-state index in [9.17, 15) is 5.11 Å². The molecule has 6 heteroatoms. The minimum absolute atomic E-state index is 0. The summed E-state index contributed by atoms with van der Waals surface area (Å²) in [5, 5.41) is 11.3. The largest absolute Gasteiger partial charge is 1.00 e. The third-order valence-electron chi connectivity index (χ3n) is 3.92. The zero-order valence-electron chi connectivity index (χ0n) is 12.4. The van der Waals surface area contributed by atoms with Crippen LogP contribution in [0.1, 0.15) is 25.3 Å². The summed E-state index contributed by atoms with van der Waals surface area (Å²) in [5.41, 5.74) is -0.135. The van der Waals surface area contributed by atoms with Crippen molar-refractivity contribution < 1.29 is 26.7 Å². The SMILES string of the molecule is CCCCN1c2nccc[n+]2C[C@@]1(O)c1ccc(Br)cc1.[Br-]. The Morgan fingerprint density at radius 2 is 2.09 bits per heavy atom. The molecule has 118 valence electrons. The zero-order valence-corrected chi connectivity index (χ0v) is 15.6. The number of hydrogen-bond acceptors (Lipinski definition) is 3. The summed E-state index contributed by atoms with van der Waals surface area (Å²) in [5.74, 6) is 0.830. The van der Waals surface area contributed by atoms with Crippen molar-refractivity contribution in [1.82, 2.24) is 4.98 Å². The van der Waals surface area contributed by atoms with Gasteiger partial charge in [-0.25, -0.2) is 9.47 Å². The molecule has 1 aromatic carbocycles. The summed E-state index contributed by atoms with van der Waals surface area (Å²) in [4.78, 5) is 6.47. The molecule has 0 bridgehead atoms. The van der Waals surface area contributed by atoms with Gasteiger partial charge in [-0.1, -0.05) is 46.4 Å². The van der Waals surface area contributed by atoms with Crippen molar-refractivity contribution in [2.45, 2.75) is 32.0 Å². The molecule has 0 spiro atoms. The smallest absolute Gasteiger partial charge is 0.396 e. The van der Waals surface area contributed by atoms with E-state index < -0.39 is 5.72 Å². The molecule has 0 saturated heterocycles. The highest BCUT2D eigenvalue weighted by atomic mass is 79.9. The highest BCUT2D eigenvalue weighted by Crippen LogP contribution is 2.34. The lowest BCUT2D eigenvalue weighted by molar-refractivity contribution is -0.685. The molecule has 0 radical (unpaired) electrons. The Morgan fingerprint density at radius 3 is 2.77 bits per heavy atom. The molecule has 2 aromatic rings. The monoisotopic (exact) mass is 427 g/mol. The quantitative estimate of drug-likeness (QED) is 0.673. The molecule has 1 aliphatic heterocycles. The third kappa shape index (κ3) is 3.05. The van der Waals surface area contributed by atoms with Gasteiger partial charge in [0.2, 0.25) is 5.72 Å². The van der Waals surface area contributed by atoms with E-state index in [2.05, 4.69) is 27.8 Å². The van der Waals surface area contributed by atoms with Crippen molar-refractivity contribution in [2.75, 3.05) is 11.4 Å². The predicted molar refractivity (Wildman–Crippen MR) is 84.7 cm³/mol. The summed E-state index contributed by atoms with van der Waals surface area (Å²) < 4.78 is 3.02. The van der Waals surface area contributed by atoms with Crippen molar-refractivity contribution in [3.8, 4) is 0 Å². The number of benzene rings is 1. The van der Waals surface area contributed by atoms with Crippen LogP contribution in [-0.2, 0) is 12.3 Å². The molecule has 3 rings (SSSR count). The second-order valence-electron chi connectivity index (χ2n) is 5.38. The van der Waals surface area contributed by atoms with E-state index in [4.69, 9.17) is 0 Å². The maximum Gasteiger partial charge on any atom is 0.396 e. The predicted octanol–water partition coefficient (Wildman–Crippen LogP) is -0.399. The molecule has 1 aliphatic rings. The fourth-order valence-electron chi connectivity index (χ4n) is 2.79. The number of rotatable bonds is 4. The van der Waals surface area contributed by atoms with Gasteiger partial charge >= 0.3 is 5.95 Å². The second-order valence-corrected chi connectivity index (χ2v) is 6.29. The number of halogens is 2. The maximum absolute atomic E-state index is 11.3. The molecule has 22 heavy (non-hydrogen) atoms. The van der Waals surface area contributed by atoms with Crippen molar-refractivity contribution in [1.29, 1.82) is 0 Å². The van der Waals surface area contributed by atoms with E-state index in [1.165, 1.54) is 0 Å². The molecular formula is C16H19Br2N3O. The minimum atomic E-state index is -1.03. The number of hydrogen-bond donors (Lipinski definition) is 1. The average molecular weight is 429 g/mol. The lowest BCUT2D eigenvalue weighted by Crippen LogP contribution is -3.00. The molecule has 2 heterocycles. The van der Waals surface area contributed by atoms with Gasteiger partial charge in [0.1, 0.15) is 12.7 Å². The van der Waals surface area contributed by atoms with Crippen molar-refractivity contribution >= 4 is 21.9 Å². The minimum Gasteiger partial charge on any atom is -1.00 e. The average Bonchev–Trinajstić information content (AvgIpc) is 2.78. The second kappa shape index (κ2) is 7.06. The number of aliphatic hydroxyl groups is 1. The van der Waals surface area contributed by atoms with Crippen molar-refractivity contribution in [3.63, 3.8) is 0 Å². The van der Waals surface area contributed by atoms with Gasteiger partial charge in [-0.3, -0.25) is 0 Å². The standard InChI is InChI=1S/C16H19BrN3O.BrH/c1-2-3-11-20-15-18-9-4-10-19(15)12-16(20,21)13-5-7-14(17)8-6-13;/h4-10,21H,2-3,11-12H2,1H3;1H/q+1;/p-1/t16-;/m1./s1. The van der Waals surface area contributed by atoms with Crippen LogP contribution in [-0.4, -0.2) is 16.6 Å². The van der Waals surface area contributed by atoms with Gasteiger partial charge in [0, 0.05) is 16.1 Å². The lowest BCUT2D eigenvalue weighted by atomic mass is 10.0. The molecule has 1 N–H and O–H groups in total. The summed E-state index contributed by atoms with van der Waals surface area (Å²) in [6.07, 6.45) is 5.85. The summed E-state index contributed by atoms with van der Waals surface area (Å²) in [6.45, 7) is 3.45. The van der Waals surface area contributed by atoms with Gasteiger partial charge in [-0.2, -0.15) is 0 Å². The van der Waals surface area contributed by atoms with Crippen LogP contribution in [0.4, 0.5) is 5.95 Å². The van der Waals surface area contributed by atoms with Crippen LogP contribution in [0.3, 0.4) is 0 Å². The zero-order chi connectivity index (χ0) is 14.9. The third-order valence-corrected chi connectivity index (χ3v) is 4.45. The van der Waals surface area contributed by atoms with Crippen LogP contribution in [0.15, 0.2) is 47.2 Å². The van der Waals surface area contributed by atoms with E-state index in [1.54, 1.807) is 6.20 Å². The van der Waals surface area contributed by atoms with Gasteiger partial charge in [-0.15, -0.1) is 0 Å². The van der Waals surface area contributed by atoms with Crippen LogP contribution in [0.5, 0.6) is 0 Å². The highest BCUT2D eigenvalue weighted by molar-refractivity contribution is 9.10. The fourth-order valence-corrected chi connectivity index (χ4v) is 3.06. The topological polar surface area (TPSA) is 40.2 Å². The summed E-state index contributed by atoms with van der Waals surface area (Å²) in [7, 11) is 0. The maximum atomic E-state index is 11.3. The molecular weight excluding hydrogens is 410 g/mol. The van der Waals surface area contributed by atoms with Crippen LogP contribution >= 0.6 is 15.9 Å². The molecule has 0 aliphatic carbocycles. The van der Waals surface area contributed by atoms with E-state index in [-0.39, 0.29) is 17.0 Å². The van der Waals surface area contributed by atoms with Gasteiger partial charge < -0.3 is 22.1 Å². The molecule has 0 amide bonds. The number of unbranched alkanes of at least 4 members (excludes halogenated alkanes) is 1. The first-order valence-electron chi connectivity index (χ1n) is 7.25. The number of anilines is 1. The highest BCUT2D eigenvalue weighted by Gasteiger charge is 2.50. The molecule has 1 aromatic heterocycles. The first kappa shape index (κ1) is 17.4. The van der Waals surface area contributed by atoms with Crippen molar-refractivity contribution in [3.05, 3.63) is 52.8 Å².